The first-order valence-corrected chi connectivity index (χ1v) is 13.6. The van der Waals surface area contributed by atoms with Gasteiger partial charge in [-0.25, -0.2) is 0 Å². The van der Waals surface area contributed by atoms with Gasteiger partial charge in [0.25, 0.3) is 0 Å². The van der Waals surface area contributed by atoms with Crippen molar-refractivity contribution in [2.24, 2.45) is 0 Å². The van der Waals surface area contributed by atoms with Crippen molar-refractivity contribution in [1.82, 2.24) is 0 Å². The molecule has 4 nitrogen and oxygen atoms in total. The minimum atomic E-state index is -0.146. The predicted molar refractivity (Wildman–Crippen MR) is 143 cm³/mol. The Morgan fingerprint density at radius 3 is 1.47 bits per heavy atom. The maximum atomic E-state index is 10.8. The number of phenolic OH excluding ortho intramolecular Hbond substituents is 3. The highest BCUT2D eigenvalue weighted by molar-refractivity contribution is 5.53. The molecule has 0 atom stereocenters. The molecule has 0 unspecified atom stereocenters. The summed E-state index contributed by atoms with van der Waals surface area (Å²) in [5, 5.41) is 32.2. The topological polar surface area (TPSA) is 69.9 Å². The molecule has 2 fully saturated rings. The molecule has 3 aromatic rings. The van der Waals surface area contributed by atoms with Crippen molar-refractivity contribution in [2.45, 2.75) is 82.0 Å². The van der Waals surface area contributed by atoms with Gasteiger partial charge in [-0.3, -0.25) is 0 Å². The van der Waals surface area contributed by atoms with Gasteiger partial charge >= 0.3 is 0 Å². The molecule has 0 saturated heterocycles. The van der Waals surface area contributed by atoms with Crippen LogP contribution < -0.4 is 4.74 Å². The van der Waals surface area contributed by atoms with Gasteiger partial charge in [-0.05, 0) is 89.6 Å². The fourth-order valence-electron chi connectivity index (χ4n) is 6.45. The molecule has 0 spiro atoms. The highest BCUT2D eigenvalue weighted by Crippen LogP contribution is 2.44. The van der Waals surface area contributed by atoms with Crippen LogP contribution in [0.1, 0.15) is 110 Å². The zero-order valence-electron chi connectivity index (χ0n) is 21.2. The van der Waals surface area contributed by atoms with Gasteiger partial charge in [-0.15, -0.1) is 0 Å². The molecule has 0 radical (unpaired) electrons. The van der Waals surface area contributed by atoms with Crippen LogP contribution in [0, 0.1) is 0 Å². The second-order valence-electron chi connectivity index (χ2n) is 10.7. The van der Waals surface area contributed by atoms with E-state index in [2.05, 4.69) is 12.1 Å². The molecule has 0 aliphatic heterocycles. The van der Waals surface area contributed by atoms with Crippen molar-refractivity contribution in [3.05, 3.63) is 82.4 Å². The fraction of sp³-hybridized carbons (Fsp3) is 0.438. The van der Waals surface area contributed by atoms with Gasteiger partial charge in [0.05, 0.1) is 7.11 Å². The summed E-state index contributed by atoms with van der Waals surface area (Å²) in [6.07, 6.45) is 11.8. The highest BCUT2D eigenvalue weighted by atomic mass is 16.5. The number of benzene rings is 3. The lowest BCUT2D eigenvalue weighted by molar-refractivity contribution is 0.373. The van der Waals surface area contributed by atoms with Crippen molar-refractivity contribution in [3.63, 3.8) is 0 Å². The first kappa shape index (κ1) is 24.5. The SMILES string of the molecule is COc1ccc(C(c2ccc(O)c(C3CCCCC3)c2)c2ccc(O)c(C3CCCCC3)c2)cc1O. The lowest BCUT2D eigenvalue weighted by atomic mass is 9.78. The first-order valence-electron chi connectivity index (χ1n) is 13.6. The summed E-state index contributed by atoms with van der Waals surface area (Å²) in [5.41, 5.74) is 5.17. The van der Waals surface area contributed by atoms with Crippen molar-refractivity contribution in [2.75, 3.05) is 7.11 Å². The third-order valence-corrected chi connectivity index (χ3v) is 8.40. The number of phenols is 3. The summed E-state index contributed by atoms with van der Waals surface area (Å²) in [6.45, 7) is 0. The predicted octanol–water partition coefficient (Wildman–Crippen LogP) is 8.09. The maximum Gasteiger partial charge on any atom is 0.160 e. The zero-order valence-corrected chi connectivity index (χ0v) is 21.2. The number of aromatic hydroxyl groups is 3. The Bertz CT molecular complexity index is 1120. The van der Waals surface area contributed by atoms with E-state index >= 15 is 0 Å². The summed E-state index contributed by atoms with van der Waals surface area (Å²) in [7, 11) is 1.55. The summed E-state index contributed by atoms with van der Waals surface area (Å²) in [5.74, 6) is 1.90. The molecule has 190 valence electrons. The van der Waals surface area contributed by atoms with Gasteiger partial charge < -0.3 is 20.1 Å². The van der Waals surface area contributed by atoms with Gasteiger partial charge in [0.1, 0.15) is 11.5 Å². The minimum Gasteiger partial charge on any atom is -0.508 e. The van der Waals surface area contributed by atoms with Gasteiger partial charge in [-0.2, -0.15) is 0 Å². The standard InChI is InChI=1S/C32H38O4/c1-36-31-17-14-25(20-30(31)35)32(23-12-15-28(33)26(18-23)21-8-4-2-5-9-21)24-13-16-29(34)27(19-24)22-10-6-3-7-11-22/h12-22,32-35H,2-11H2,1H3. The van der Waals surface area contributed by atoms with Crippen LogP contribution in [-0.4, -0.2) is 22.4 Å². The Morgan fingerprint density at radius 2 is 1.03 bits per heavy atom. The smallest absolute Gasteiger partial charge is 0.160 e. The molecule has 2 saturated carbocycles. The van der Waals surface area contributed by atoms with Crippen LogP contribution >= 0.6 is 0 Å². The van der Waals surface area contributed by atoms with Crippen molar-refractivity contribution in [3.8, 4) is 23.0 Å². The lowest BCUT2D eigenvalue weighted by Gasteiger charge is -2.27. The van der Waals surface area contributed by atoms with Gasteiger partial charge in [0.2, 0.25) is 0 Å². The molecule has 2 aliphatic rings. The molecule has 3 aromatic carbocycles. The van der Waals surface area contributed by atoms with E-state index in [9.17, 15) is 15.3 Å². The average molecular weight is 487 g/mol. The van der Waals surface area contributed by atoms with E-state index in [0.29, 0.717) is 29.1 Å². The van der Waals surface area contributed by atoms with Crippen LogP contribution in [0.3, 0.4) is 0 Å². The molecule has 5 rings (SSSR count). The molecule has 3 N–H and O–H groups in total. The minimum absolute atomic E-state index is 0.109. The Hall–Kier alpha value is -3.14. The fourth-order valence-corrected chi connectivity index (χ4v) is 6.45. The monoisotopic (exact) mass is 486 g/mol. The Kier molecular flexibility index (Phi) is 7.41. The van der Waals surface area contributed by atoms with E-state index in [0.717, 1.165) is 53.5 Å². The Labute approximate surface area is 214 Å². The third-order valence-electron chi connectivity index (χ3n) is 8.40. The number of ether oxygens (including phenoxy) is 1. The number of methoxy groups -OCH3 is 1. The normalized spacial score (nSPS) is 17.4. The van der Waals surface area contributed by atoms with Crippen LogP contribution in [-0.2, 0) is 0 Å². The van der Waals surface area contributed by atoms with Crippen LogP contribution in [0.25, 0.3) is 0 Å². The molecule has 0 bridgehead atoms. The van der Waals surface area contributed by atoms with E-state index in [1.165, 1.54) is 38.5 Å². The molecule has 0 amide bonds. The third kappa shape index (κ3) is 5.04. The van der Waals surface area contributed by atoms with Crippen LogP contribution in [0.5, 0.6) is 23.0 Å². The number of rotatable bonds is 6. The summed E-state index contributed by atoms with van der Waals surface area (Å²) in [6, 6.07) is 17.6. The van der Waals surface area contributed by atoms with E-state index < -0.39 is 0 Å². The van der Waals surface area contributed by atoms with Crippen LogP contribution in [0.2, 0.25) is 0 Å². The number of hydrogen-bond donors (Lipinski definition) is 3. The quantitative estimate of drug-likeness (QED) is 0.308. The van der Waals surface area contributed by atoms with E-state index in [1.807, 2.05) is 36.4 Å². The van der Waals surface area contributed by atoms with E-state index in [1.54, 1.807) is 13.2 Å². The molecular weight excluding hydrogens is 448 g/mol. The van der Waals surface area contributed by atoms with Crippen molar-refractivity contribution in [1.29, 1.82) is 0 Å². The van der Waals surface area contributed by atoms with Crippen molar-refractivity contribution >= 4 is 0 Å². The molecule has 4 heteroatoms. The van der Waals surface area contributed by atoms with Crippen LogP contribution in [0.4, 0.5) is 0 Å². The molecular formula is C32H38O4. The second kappa shape index (κ2) is 10.9. The number of hydrogen-bond acceptors (Lipinski definition) is 4. The Balaban J connectivity index is 1.62. The molecule has 0 aromatic heterocycles. The van der Waals surface area contributed by atoms with E-state index in [-0.39, 0.29) is 11.7 Å². The van der Waals surface area contributed by atoms with E-state index in [4.69, 9.17) is 4.74 Å². The average Bonchev–Trinajstić information content (AvgIpc) is 2.92. The van der Waals surface area contributed by atoms with Gasteiger partial charge in [-0.1, -0.05) is 68.9 Å². The van der Waals surface area contributed by atoms with Crippen molar-refractivity contribution < 1.29 is 20.1 Å². The van der Waals surface area contributed by atoms with Crippen LogP contribution in [0.15, 0.2) is 54.6 Å². The molecule has 2 aliphatic carbocycles. The van der Waals surface area contributed by atoms with Gasteiger partial charge in [0, 0.05) is 5.92 Å². The second-order valence-corrected chi connectivity index (χ2v) is 10.7. The summed E-state index contributed by atoms with van der Waals surface area (Å²) in [4.78, 5) is 0. The summed E-state index contributed by atoms with van der Waals surface area (Å²) < 4.78 is 5.30. The zero-order chi connectivity index (χ0) is 25.1. The first-order chi connectivity index (χ1) is 17.5. The molecule has 0 heterocycles. The lowest BCUT2D eigenvalue weighted by Crippen LogP contribution is -2.10. The largest absolute Gasteiger partial charge is 0.508 e. The van der Waals surface area contributed by atoms with Gasteiger partial charge in [0.15, 0.2) is 11.5 Å². The maximum absolute atomic E-state index is 10.8. The summed E-state index contributed by atoms with van der Waals surface area (Å²) >= 11 is 0. The molecule has 36 heavy (non-hydrogen) atoms. The highest BCUT2D eigenvalue weighted by Gasteiger charge is 2.26. The Morgan fingerprint density at radius 1 is 0.583 bits per heavy atom.